The summed E-state index contributed by atoms with van der Waals surface area (Å²) in [5.74, 6) is -1.36. The second-order valence-electron chi connectivity index (χ2n) is 5.94. The molecule has 2 aromatic carbocycles. The third-order valence-electron chi connectivity index (χ3n) is 3.85. The zero-order valence-electron chi connectivity index (χ0n) is 15.3. The fourth-order valence-corrected chi connectivity index (χ4v) is 2.47. The topological polar surface area (TPSA) is 128 Å². The van der Waals surface area contributed by atoms with E-state index in [0.29, 0.717) is 16.8 Å². The van der Waals surface area contributed by atoms with Gasteiger partial charge in [-0.2, -0.15) is 0 Å². The number of non-ortho nitro benzene ring substituents is 1. The molecule has 0 spiro atoms. The van der Waals surface area contributed by atoms with Crippen LogP contribution in [0.15, 0.2) is 48.5 Å². The predicted molar refractivity (Wildman–Crippen MR) is 101 cm³/mol. The smallest absolute Gasteiger partial charge is 0.328 e. The molecule has 0 heterocycles. The maximum atomic E-state index is 12.4. The summed E-state index contributed by atoms with van der Waals surface area (Å²) in [5, 5.41) is 15.9. The molecule has 28 heavy (non-hydrogen) atoms. The van der Waals surface area contributed by atoms with E-state index in [1.165, 1.54) is 50.4 Å². The molecule has 2 amide bonds. The number of nitro groups is 1. The van der Waals surface area contributed by atoms with Crippen molar-refractivity contribution in [2.75, 3.05) is 12.4 Å². The maximum Gasteiger partial charge on any atom is 0.328 e. The van der Waals surface area contributed by atoms with Crippen LogP contribution in [0.5, 0.6) is 0 Å². The minimum Gasteiger partial charge on any atom is -0.467 e. The van der Waals surface area contributed by atoms with Crippen molar-refractivity contribution in [2.45, 2.75) is 19.4 Å². The first-order chi connectivity index (χ1) is 13.3. The molecular formula is C19H19N3O6. The lowest BCUT2D eigenvalue weighted by Gasteiger charge is -2.17. The van der Waals surface area contributed by atoms with Gasteiger partial charge in [0.25, 0.3) is 11.6 Å². The summed E-state index contributed by atoms with van der Waals surface area (Å²) in [4.78, 5) is 45.7. The van der Waals surface area contributed by atoms with Crippen LogP contribution in [0.1, 0.15) is 22.8 Å². The van der Waals surface area contributed by atoms with Crippen LogP contribution in [0.4, 0.5) is 11.4 Å². The van der Waals surface area contributed by atoms with Crippen molar-refractivity contribution < 1.29 is 24.0 Å². The zero-order chi connectivity index (χ0) is 20.7. The van der Waals surface area contributed by atoms with Crippen molar-refractivity contribution in [1.82, 2.24) is 5.32 Å². The largest absolute Gasteiger partial charge is 0.467 e. The molecule has 0 saturated heterocycles. The van der Waals surface area contributed by atoms with Crippen molar-refractivity contribution in [3.8, 4) is 0 Å². The average molecular weight is 385 g/mol. The number of hydrogen-bond acceptors (Lipinski definition) is 6. The number of nitro benzene ring substituents is 1. The van der Waals surface area contributed by atoms with Crippen LogP contribution < -0.4 is 10.6 Å². The van der Waals surface area contributed by atoms with E-state index in [1.807, 2.05) is 0 Å². The Balaban J connectivity index is 2.10. The number of methoxy groups -OCH3 is 1. The minimum atomic E-state index is -0.964. The number of ether oxygens (including phenoxy) is 1. The van der Waals surface area contributed by atoms with Crippen molar-refractivity contribution >= 4 is 29.2 Å². The first-order valence-corrected chi connectivity index (χ1v) is 8.30. The van der Waals surface area contributed by atoms with Crippen molar-refractivity contribution in [1.29, 1.82) is 0 Å². The number of amides is 2. The van der Waals surface area contributed by atoms with E-state index in [0.717, 1.165) is 0 Å². The monoisotopic (exact) mass is 385 g/mol. The molecule has 0 aliphatic carbocycles. The Morgan fingerprint density at radius 3 is 2.18 bits per heavy atom. The number of carbonyl (C=O) groups excluding carboxylic acids is 3. The van der Waals surface area contributed by atoms with E-state index in [-0.39, 0.29) is 18.0 Å². The maximum absolute atomic E-state index is 12.4. The van der Waals surface area contributed by atoms with Gasteiger partial charge in [0.1, 0.15) is 6.04 Å². The standard InChI is InChI=1S/C19H19N3O6/c1-12(23)20-15-7-5-14(6-8-15)18(24)21-17(19(25)28-2)11-13-3-9-16(10-4-13)22(26)27/h3-10,17H,11H2,1-2H3,(H,20,23)(H,21,24)/t17-/m1/s1. The van der Waals surface area contributed by atoms with Crippen LogP contribution in [0.2, 0.25) is 0 Å². The quantitative estimate of drug-likeness (QED) is 0.427. The Morgan fingerprint density at radius 2 is 1.68 bits per heavy atom. The van der Waals surface area contributed by atoms with E-state index in [1.54, 1.807) is 12.1 Å². The fourth-order valence-electron chi connectivity index (χ4n) is 2.47. The second kappa shape index (κ2) is 9.26. The van der Waals surface area contributed by atoms with Crippen LogP contribution >= 0.6 is 0 Å². The molecule has 2 N–H and O–H groups in total. The number of hydrogen-bond donors (Lipinski definition) is 2. The molecule has 0 aromatic heterocycles. The summed E-state index contributed by atoms with van der Waals surface area (Å²) < 4.78 is 4.74. The van der Waals surface area contributed by atoms with Gasteiger partial charge in [0.15, 0.2) is 0 Å². The number of nitrogens with one attached hydrogen (secondary N) is 2. The third kappa shape index (κ3) is 5.63. The highest BCUT2D eigenvalue weighted by molar-refractivity contribution is 5.97. The van der Waals surface area contributed by atoms with Gasteiger partial charge in [0.2, 0.25) is 5.91 Å². The summed E-state index contributed by atoms with van der Waals surface area (Å²) >= 11 is 0. The highest BCUT2D eigenvalue weighted by Gasteiger charge is 2.23. The average Bonchev–Trinajstić information content (AvgIpc) is 2.67. The SMILES string of the molecule is COC(=O)[C@@H](Cc1ccc([N+](=O)[O-])cc1)NC(=O)c1ccc(NC(C)=O)cc1. The van der Waals surface area contributed by atoms with Crippen molar-refractivity contribution in [2.24, 2.45) is 0 Å². The van der Waals surface area contributed by atoms with Crippen LogP contribution in [0.25, 0.3) is 0 Å². The molecular weight excluding hydrogens is 366 g/mol. The molecule has 2 rings (SSSR count). The molecule has 1 atom stereocenters. The van der Waals surface area contributed by atoms with Crippen LogP contribution in [-0.2, 0) is 20.7 Å². The first kappa shape index (κ1) is 20.6. The summed E-state index contributed by atoms with van der Waals surface area (Å²) in [6, 6.07) is 10.9. The molecule has 2 aromatic rings. The van der Waals surface area contributed by atoms with E-state index in [4.69, 9.17) is 4.74 Å². The van der Waals surface area contributed by atoms with Gasteiger partial charge in [-0.15, -0.1) is 0 Å². The molecule has 9 heteroatoms. The second-order valence-corrected chi connectivity index (χ2v) is 5.94. The van der Waals surface area contributed by atoms with Gasteiger partial charge in [-0.1, -0.05) is 12.1 Å². The van der Waals surface area contributed by atoms with Gasteiger partial charge >= 0.3 is 5.97 Å². The van der Waals surface area contributed by atoms with Crippen LogP contribution in [0, 0.1) is 10.1 Å². The van der Waals surface area contributed by atoms with Crippen molar-refractivity contribution in [3.63, 3.8) is 0 Å². The Labute approximate surface area is 160 Å². The Kier molecular flexibility index (Phi) is 6.80. The van der Waals surface area contributed by atoms with E-state index < -0.39 is 22.8 Å². The first-order valence-electron chi connectivity index (χ1n) is 8.30. The number of carbonyl (C=O) groups is 3. The lowest BCUT2D eigenvalue weighted by Crippen LogP contribution is -2.43. The Bertz CT molecular complexity index is 878. The van der Waals surface area contributed by atoms with Crippen LogP contribution in [0.3, 0.4) is 0 Å². The summed E-state index contributed by atoms with van der Waals surface area (Å²) in [5.41, 5.74) is 1.40. The summed E-state index contributed by atoms with van der Waals surface area (Å²) in [7, 11) is 1.21. The van der Waals surface area contributed by atoms with Gasteiger partial charge in [-0.05, 0) is 29.8 Å². The predicted octanol–water partition coefficient (Wildman–Crippen LogP) is 2.07. The normalized spacial score (nSPS) is 11.2. The molecule has 0 saturated carbocycles. The number of esters is 1. The van der Waals surface area contributed by atoms with Crippen LogP contribution in [-0.4, -0.2) is 35.9 Å². The molecule has 0 aliphatic rings. The number of nitrogens with zero attached hydrogens (tertiary/aromatic N) is 1. The summed E-state index contributed by atoms with van der Waals surface area (Å²) in [6.45, 7) is 1.37. The molecule has 0 unspecified atom stereocenters. The zero-order valence-corrected chi connectivity index (χ0v) is 15.3. The molecule has 0 radical (unpaired) electrons. The van der Waals surface area contributed by atoms with E-state index in [9.17, 15) is 24.5 Å². The fraction of sp³-hybridized carbons (Fsp3) is 0.211. The minimum absolute atomic E-state index is 0.0679. The Hall–Kier alpha value is -3.75. The molecule has 0 fully saturated rings. The van der Waals surface area contributed by atoms with Gasteiger partial charge in [0.05, 0.1) is 12.0 Å². The molecule has 0 aliphatic heterocycles. The van der Waals surface area contributed by atoms with Gasteiger partial charge in [-0.25, -0.2) is 4.79 Å². The highest BCUT2D eigenvalue weighted by Crippen LogP contribution is 2.14. The van der Waals surface area contributed by atoms with Crippen molar-refractivity contribution in [3.05, 3.63) is 69.8 Å². The van der Waals surface area contributed by atoms with E-state index >= 15 is 0 Å². The molecule has 9 nitrogen and oxygen atoms in total. The lowest BCUT2D eigenvalue weighted by molar-refractivity contribution is -0.384. The summed E-state index contributed by atoms with van der Waals surface area (Å²) in [6.07, 6.45) is 0.111. The molecule has 146 valence electrons. The Morgan fingerprint density at radius 1 is 1.07 bits per heavy atom. The van der Waals surface area contributed by atoms with Gasteiger partial charge in [-0.3, -0.25) is 19.7 Å². The molecule has 0 bridgehead atoms. The number of rotatable bonds is 7. The number of benzene rings is 2. The number of anilines is 1. The van der Waals surface area contributed by atoms with Gasteiger partial charge in [0, 0.05) is 36.7 Å². The highest BCUT2D eigenvalue weighted by atomic mass is 16.6. The van der Waals surface area contributed by atoms with E-state index in [2.05, 4.69) is 10.6 Å². The lowest BCUT2D eigenvalue weighted by atomic mass is 10.0. The third-order valence-corrected chi connectivity index (χ3v) is 3.85. The van der Waals surface area contributed by atoms with Gasteiger partial charge < -0.3 is 15.4 Å².